The fraction of sp³-hybridized carbons (Fsp3) is 0.185. The molecule has 0 spiro atoms. The number of hydrogen-bond acceptors (Lipinski definition) is 4. The van der Waals surface area contributed by atoms with Crippen molar-refractivity contribution < 1.29 is 17.9 Å². The Hall–Kier alpha value is -4.05. The Morgan fingerprint density at radius 3 is 2.27 bits per heavy atom. The van der Waals surface area contributed by atoms with Crippen molar-refractivity contribution in [1.82, 2.24) is 0 Å². The Morgan fingerprint density at radius 2 is 1.70 bits per heavy atom. The lowest BCUT2D eigenvalue weighted by atomic mass is 10.1. The van der Waals surface area contributed by atoms with E-state index in [0.29, 0.717) is 11.3 Å². The van der Waals surface area contributed by atoms with Gasteiger partial charge in [-0.2, -0.15) is 0 Å². The number of benzene rings is 3. The SMILES string of the molecule is CC(=S)Nc1ccccc1C1CC1.N=Cc1ccc(C(N)=NC=Nc2ccc(OC(F)(F)F)cc2)cc1. The second-order valence-electron chi connectivity index (χ2n) is 8.11. The van der Waals surface area contributed by atoms with Crippen molar-refractivity contribution in [2.75, 3.05) is 5.32 Å². The first kappa shape index (κ1) is 27.5. The molecule has 1 aliphatic carbocycles. The van der Waals surface area contributed by atoms with Gasteiger partial charge in [0.2, 0.25) is 0 Å². The van der Waals surface area contributed by atoms with E-state index in [2.05, 4.69) is 38.2 Å². The van der Waals surface area contributed by atoms with Crippen LogP contribution < -0.4 is 15.8 Å². The van der Waals surface area contributed by atoms with Crippen LogP contribution in [0.3, 0.4) is 0 Å². The summed E-state index contributed by atoms with van der Waals surface area (Å²) in [6.45, 7) is 1.92. The fourth-order valence-electron chi connectivity index (χ4n) is 3.27. The molecule has 0 aliphatic heterocycles. The molecule has 0 aromatic heterocycles. The Balaban J connectivity index is 0.000000244. The highest BCUT2D eigenvalue weighted by molar-refractivity contribution is 7.80. The van der Waals surface area contributed by atoms with Crippen molar-refractivity contribution in [3.8, 4) is 5.75 Å². The molecule has 0 heterocycles. The molecule has 1 aliphatic rings. The van der Waals surface area contributed by atoms with Crippen molar-refractivity contribution in [2.45, 2.75) is 32.0 Å². The van der Waals surface area contributed by atoms with Crippen LogP contribution in [-0.4, -0.2) is 29.7 Å². The molecule has 4 N–H and O–H groups in total. The summed E-state index contributed by atoms with van der Waals surface area (Å²) in [5, 5.41) is 10.3. The zero-order valence-corrected chi connectivity index (χ0v) is 20.8. The van der Waals surface area contributed by atoms with Crippen molar-refractivity contribution in [3.05, 3.63) is 89.5 Å². The smallest absolute Gasteiger partial charge is 0.406 e. The first-order chi connectivity index (χ1) is 17.6. The zero-order chi connectivity index (χ0) is 26.8. The maximum Gasteiger partial charge on any atom is 0.573 e. The summed E-state index contributed by atoms with van der Waals surface area (Å²) in [4.78, 5) is 8.78. The van der Waals surface area contributed by atoms with E-state index >= 15 is 0 Å². The van der Waals surface area contributed by atoms with Crippen LogP contribution in [-0.2, 0) is 0 Å². The summed E-state index contributed by atoms with van der Waals surface area (Å²) >= 11 is 5.03. The van der Waals surface area contributed by atoms with Crippen LogP contribution in [0.25, 0.3) is 0 Å². The molecular formula is C27H26F3N5OS. The van der Waals surface area contributed by atoms with E-state index in [1.165, 1.54) is 48.8 Å². The van der Waals surface area contributed by atoms with Gasteiger partial charge < -0.3 is 21.2 Å². The third-order valence-electron chi connectivity index (χ3n) is 5.14. The molecular weight excluding hydrogens is 499 g/mol. The summed E-state index contributed by atoms with van der Waals surface area (Å²) in [5.74, 6) is 0.682. The van der Waals surface area contributed by atoms with Gasteiger partial charge in [-0.25, -0.2) is 9.98 Å². The number of halogens is 3. The predicted octanol–water partition coefficient (Wildman–Crippen LogP) is 6.97. The molecule has 0 amide bonds. The van der Waals surface area contributed by atoms with Gasteiger partial charge in [0.1, 0.15) is 17.9 Å². The summed E-state index contributed by atoms with van der Waals surface area (Å²) in [5.41, 5.74) is 10.2. The van der Waals surface area contributed by atoms with E-state index in [1.54, 1.807) is 24.3 Å². The third kappa shape index (κ3) is 9.49. The third-order valence-corrected chi connectivity index (χ3v) is 5.24. The van der Waals surface area contributed by atoms with E-state index < -0.39 is 6.36 Å². The molecule has 0 radical (unpaired) electrons. The number of aliphatic imine (C=N–C) groups is 2. The lowest BCUT2D eigenvalue weighted by molar-refractivity contribution is -0.274. The molecule has 0 atom stereocenters. The van der Waals surface area contributed by atoms with E-state index in [4.69, 9.17) is 23.4 Å². The number of amidine groups is 1. The van der Waals surface area contributed by atoms with Gasteiger partial charge in [0, 0.05) is 17.5 Å². The maximum atomic E-state index is 12.0. The molecule has 0 unspecified atom stereocenters. The largest absolute Gasteiger partial charge is 0.573 e. The number of nitrogens with two attached hydrogens (primary N) is 1. The molecule has 10 heteroatoms. The van der Waals surface area contributed by atoms with E-state index in [1.807, 2.05) is 13.0 Å². The molecule has 4 rings (SSSR count). The molecule has 192 valence electrons. The van der Waals surface area contributed by atoms with Gasteiger partial charge in [0.25, 0.3) is 0 Å². The van der Waals surface area contributed by atoms with Crippen LogP contribution in [0.4, 0.5) is 24.5 Å². The Morgan fingerprint density at radius 1 is 1.05 bits per heavy atom. The Bertz CT molecular complexity index is 1270. The number of nitrogens with one attached hydrogen (secondary N) is 2. The summed E-state index contributed by atoms with van der Waals surface area (Å²) in [6.07, 6.45) is 0.353. The standard InChI is InChI=1S/C16H13F3N4O.C11H13NS/c17-16(18,19)24-14-7-5-13(6-8-14)22-10-23-15(21)12-3-1-11(9-20)2-4-12;1-8(13)12-11-5-3-2-4-10(11)9-6-7-9/h1-10,20H,(H2,21,22,23);2-5,9H,6-7H2,1H3,(H,12,13). The van der Waals surface area contributed by atoms with Crippen LogP contribution in [0.5, 0.6) is 5.75 Å². The number of hydrogen-bond donors (Lipinski definition) is 3. The quantitative estimate of drug-likeness (QED) is 0.176. The first-order valence-corrected chi connectivity index (χ1v) is 11.7. The highest BCUT2D eigenvalue weighted by Crippen LogP contribution is 2.43. The van der Waals surface area contributed by atoms with Crippen molar-refractivity contribution >= 4 is 47.0 Å². The number of alkyl halides is 3. The molecule has 1 saturated carbocycles. The lowest BCUT2D eigenvalue weighted by Crippen LogP contribution is -2.16. The number of thiocarbonyl (C=S) groups is 1. The van der Waals surface area contributed by atoms with E-state index in [9.17, 15) is 13.2 Å². The van der Waals surface area contributed by atoms with Crippen LogP contribution in [0.1, 0.15) is 42.4 Å². The van der Waals surface area contributed by atoms with Gasteiger partial charge in [-0.3, -0.25) is 0 Å². The van der Waals surface area contributed by atoms with Crippen LogP contribution in [0.15, 0.2) is 82.8 Å². The number of rotatable bonds is 7. The zero-order valence-electron chi connectivity index (χ0n) is 20.0. The average molecular weight is 526 g/mol. The summed E-state index contributed by atoms with van der Waals surface area (Å²) in [7, 11) is 0. The van der Waals surface area contributed by atoms with E-state index in [-0.39, 0.29) is 11.6 Å². The van der Waals surface area contributed by atoms with Gasteiger partial charge in [0.15, 0.2) is 0 Å². The number of ether oxygens (including phenoxy) is 1. The van der Waals surface area contributed by atoms with Crippen molar-refractivity contribution in [3.63, 3.8) is 0 Å². The Kier molecular flexibility index (Phi) is 9.51. The minimum absolute atomic E-state index is 0.229. The molecule has 3 aromatic rings. The monoisotopic (exact) mass is 525 g/mol. The average Bonchev–Trinajstić information content (AvgIpc) is 3.70. The molecule has 0 saturated heterocycles. The number of para-hydroxylation sites is 1. The highest BCUT2D eigenvalue weighted by atomic mass is 32.1. The number of anilines is 1. The first-order valence-electron chi connectivity index (χ1n) is 11.3. The Labute approximate surface area is 218 Å². The molecule has 0 bridgehead atoms. The highest BCUT2D eigenvalue weighted by Gasteiger charge is 2.31. The van der Waals surface area contributed by atoms with Gasteiger partial charge in [-0.05, 0) is 67.1 Å². The topological polar surface area (TPSA) is 95.9 Å². The van der Waals surface area contributed by atoms with Crippen LogP contribution in [0, 0.1) is 5.41 Å². The molecule has 3 aromatic carbocycles. The van der Waals surface area contributed by atoms with Crippen LogP contribution in [0.2, 0.25) is 0 Å². The summed E-state index contributed by atoms with van der Waals surface area (Å²) < 4.78 is 39.9. The molecule has 37 heavy (non-hydrogen) atoms. The van der Waals surface area contributed by atoms with Crippen LogP contribution >= 0.6 is 12.2 Å². The van der Waals surface area contributed by atoms with E-state index in [0.717, 1.165) is 28.6 Å². The van der Waals surface area contributed by atoms with Crippen molar-refractivity contribution in [1.29, 1.82) is 5.41 Å². The maximum absolute atomic E-state index is 12.0. The number of nitrogens with zero attached hydrogens (tertiary/aromatic N) is 2. The van der Waals surface area contributed by atoms with Gasteiger partial charge >= 0.3 is 6.36 Å². The van der Waals surface area contributed by atoms with Gasteiger partial charge in [-0.1, -0.05) is 54.7 Å². The van der Waals surface area contributed by atoms with Gasteiger partial charge in [0.05, 0.1) is 10.7 Å². The normalized spacial score (nSPS) is 13.5. The predicted molar refractivity (Wildman–Crippen MR) is 147 cm³/mol. The van der Waals surface area contributed by atoms with Gasteiger partial charge in [-0.15, -0.1) is 13.2 Å². The summed E-state index contributed by atoms with van der Waals surface area (Å²) in [6, 6.07) is 20.4. The second-order valence-corrected chi connectivity index (χ2v) is 8.72. The van der Waals surface area contributed by atoms with Crippen molar-refractivity contribution in [2.24, 2.45) is 15.7 Å². The second kappa shape index (κ2) is 12.8. The fourth-order valence-corrected chi connectivity index (χ4v) is 3.38. The minimum Gasteiger partial charge on any atom is -0.406 e. The molecule has 6 nitrogen and oxygen atoms in total. The lowest BCUT2D eigenvalue weighted by Gasteiger charge is -2.09. The molecule has 1 fully saturated rings. The minimum atomic E-state index is -4.73.